The molecular weight excluding hydrogens is 258 g/mol. The molecule has 0 aromatic rings. The van der Waals surface area contributed by atoms with Crippen molar-refractivity contribution >= 4 is 23.1 Å². The molecule has 5 heteroatoms. The molecule has 0 bridgehead atoms. The Labute approximate surface area is 122 Å². The van der Waals surface area contributed by atoms with E-state index in [4.69, 9.17) is 18.0 Å². The minimum atomic E-state index is -0.0897. The number of carbonyl (C=O) groups is 1. The van der Waals surface area contributed by atoms with Gasteiger partial charge in [0.2, 0.25) is 5.91 Å². The van der Waals surface area contributed by atoms with E-state index < -0.39 is 0 Å². The maximum Gasteiger partial charge on any atom is 0.237 e. The third-order valence-corrected chi connectivity index (χ3v) is 4.63. The smallest absolute Gasteiger partial charge is 0.237 e. The number of nitrogens with one attached hydrogen (secondary N) is 1. The van der Waals surface area contributed by atoms with Gasteiger partial charge in [-0.1, -0.05) is 32.5 Å². The number of hydrogen-bond acceptors (Lipinski definition) is 3. The normalized spacial score (nSPS) is 21.1. The van der Waals surface area contributed by atoms with Crippen LogP contribution in [0.25, 0.3) is 0 Å². The number of nitrogens with zero attached hydrogens (tertiary/aromatic N) is 1. The number of amides is 1. The number of thiocarbonyl (C=S) groups is 1. The molecule has 1 saturated heterocycles. The molecule has 1 atom stereocenters. The maximum absolute atomic E-state index is 11.9. The van der Waals surface area contributed by atoms with E-state index in [0.717, 1.165) is 38.8 Å². The summed E-state index contributed by atoms with van der Waals surface area (Å²) in [6.07, 6.45) is 5.30. The highest BCUT2D eigenvalue weighted by Crippen LogP contribution is 2.24. The van der Waals surface area contributed by atoms with E-state index in [9.17, 15) is 4.79 Å². The molecule has 19 heavy (non-hydrogen) atoms. The van der Waals surface area contributed by atoms with E-state index in [1.807, 2.05) is 0 Å². The first-order valence-corrected chi connectivity index (χ1v) is 7.55. The number of rotatable bonds is 6. The Kier molecular flexibility index (Phi) is 6.20. The van der Waals surface area contributed by atoms with E-state index in [0.29, 0.717) is 4.99 Å². The van der Waals surface area contributed by atoms with E-state index in [-0.39, 0.29) is 17.4 Å². The molecule has 1 aliphatic rings. The molecule has 1 rings (SSSR count). The predicted molar refractivity (Wildman–Crippen MR) is 83.1 cm³/mol. The van der Waals surface area contributed by atoms with Crippen molar-refractivity contribution in [1.29, 1.82) is 0 Å². The molecule has 1 fully saturated rings. The Balaban J connectivity index is 2.46. The first kappa shape index (κ1) is 16.4. The van der Waals surface area contributed by atoms with Gasteiger partial charge in [-0.3, -0.25) is 9.69 Å². The minimum Gasteiger partial charge on any atom is -0.393 e. The zero-order valence-electron chi connectivity index (χ0n) is 12.4. The van der Waals surface area contributed by atoms with Crippen LogP contribution in [0.15, 0.2) is 0 Å². The lowest BCUT2D eigenvalue weighted by atomic mass is 9.87. The second kappa shape index (κ2) is 7.20. The van der Waals surface area contributed by atoms with Crippen molar-refractivity contribution in [2.24, 2.45) is 11.1 Å². The second-order valence-corrected chi connectivity index (χ2v) is 6.45. The molecule has 1 heterocycles. The van der Waals surface area contributed by atoms with Crippen molar-refractivity contribution in [3.05, 3.63) is 0 Å². The van der Waals surface area contributed by atoms with Crippen LogP contribution in [-0.2, 0) is 4.79 Å². The van der Waals surface area contributed by atoms with Crippen molar-refractivity contribution in [3.8, 4) is 0 Å². The molecule has 4 nitrogen and oxygen atoms in total. The van der Waals surface area contributed by atoms with Gasteiger partial charge < -0.3 is 11.1 Å². The lowest BCUT2D eigenvalue weighted by Gasteiger charge is -2.35. The van der Waals surface area contributed by atoms with E-state index >= 15 is 0 Å². The van der Waals surface area contributed by atoms with E-state index in [1.54, 1.807) is 7.05 Å². The van der Waals surface area contributed by atoms with Crippen LogP contribution in [0.4, 0.5) is 0 Å². The molecule has 0 saturated carbocycles. The van der Waals surface area contributed by atoms with Gasteiger partial charge >= 0.3 is 0 Å². The number of likely N-dealkylation sites (tertiary alicyclic amines) is 1. The summed E-state index contributed by atoms with van der Waals surface area (Å²) in [5.41, 5.74) is 5.65. The van der Waals surface area contributed by atoms with Crippen LogP contribution < -0.4 is 11.1 Å². The minimum absolute atomic E-state index is 0.0479. The average molecular weight is 285 g/mol. The molecule has 0 aromatic carbocycles. The highest BCUT2D eigenvalue weighted by Gasteiger charge is 2.28. The van der Waals surface area contributed by atoms with Gasteiger partial charge in [0.15, 0.2) is 0 Å². The zero-order valence-corrected chi connectivity index (χ0v) is 13.2. The molecule has 0 aromatic heterocycles. The number of carbonyl (C=O) groups excluding carboxylic acids is 1. The summed E-state index contributed by atoms with van der Waals surface area (Å²) in [6.45, 7) is 6.14. The molecule has 1 aliphatic heterocycles. The molecule has 1 amide bonds. The third kappa shape index (κ3) is 4.73. The van der Waals surface area contributed by atoms with Crippen molar-refractivity contribution in [2.75, 3.05) is 20.1 Å². The highest BCUT2D eigenvalue weighted by atomic mass is 32.1. The van der Waals surface area contributed by atoms with Crippen LogP contribution in [0.5, 0.6) is 0 Å². The Hall–Kier alpha value is -0.680. The average Bonchev–Trinajstić information content (AvgIpc) is 2.38. The summed E-state index contributed by atoms with van der Waals surface area (Å²) in [4.78, 5) is 14.7. The number of nitrogens with two attached hydrogens (primary N) is 1. The van der Waals surface area contributed by atoms with Gasteiger partial charge in [0.05, 0.1) is 11.0 Å². The SMILES string of the molecule is CNC(=O)C1CCCCN1CCCC(C)(C)C(N)=S. The van der Waals surface area contributed by atoms with Crippen LogP contribution in [0.1, 0.15) is 46.0 Å². The molecule has 1 unspecified atom stereocenters. The van der Waals surface area contributed by atoms with Crippen molar-refractivity contribution in [2.45, 2.75) is 52.0 Å². The maximum atomic E-state index is 11.9. The second-order valence-electron chi connectivity index (χ2n) is 6.01. The number of hydrogen-bond donors (Lipinski definition) is 2. The van der Waals surface area contributed by atoms with Crippen LogP contribution >= 0.6 is 12.2 Å². The van der Waals surface area contributed by atoms with E-state index in [1.165, 1.54) is 6.42 Å². The summed E-state index contributed by atoms with van der Waals surface area (Å²) < 4.78 is 0. The van der Waals surface area contributed by atoms with Gasteiger partial charge in [-0.25, -0.2) is 0 Å². The van der Waals surface area contributed by atoms with Crippen LogP contribution in [-0.4, -0.2) is 42.0 Å². The van der Waals surface area contributed by atoms with Gasteiger partial charge in [-0.15, -0.1) is 0 Å². The lowest BCUT2D eigenvalue weighted by Crippen LogP contribution is -2.49. The Bertz CT molecular complexity index is 331. The molecule has 0 spiro atoms. The van der Waals surface area contributed by atoms with Crippen molar-refractivity contribution in [3.63, 3.8) is 0 Å². The summed E-state index contributed by atoms with van der Waals surface area (Å²) in [7, 11) is 1.71. The van der Waals surface area contributed by atoms with Crippen LogP contribution in [0.3, 0.4) is 0 Å². The number of likely N-dealkylation sites (N-methyl/N-ethyl adjacent to an activating group) is 1. The highest BCUT2D eigenvalue weighted by molar-refractivity contribution is 7.80. The quantitative estimate of drug-likeness (QED) is 0.729. The molecule has 110 valence electrons. The largest absolute Gasteiger partial charge is 0.393 e. The van der Waals surface area contributed by atoms with E-state index in [2.05, 4.69) is 24.1 Å². The fourth-order valence-electron chi connectivity index (χ4n) is 2.57. The van der Waals surface area contributed by atoms with Crippen molar-refractivity contribution < 1.29 is 4.79 Å². The fraction of sp³-hybridized carbons (Fsp3) is 0.857. The first-order valence-electron chi connectivity index (χ1n) is 7.14. The Morgan fingerprint density at radius 1 is 1.47 bits per heavy atom. The lowest BCUT2D eigenvalue weighted by molar-refractivity contribution is -0.127. The molecule has 0 radical (unpaired) electrons. The summed E-state index contributed by atoms with van der Waals surface area (Å²) >= 11 is 5.09. The summed E-state index contributed by atoms with van der Waals surface area (Å²) in [5, 5.41) is 2.77. The first-order chi connectivity index (χ1) is 8.88. The van der Waals surface area contributed by atoms with Gasteiger partial charge in [-0.2, -0.15) is 0 Å². The number of piperidine rings is 1. The van der Waals surface area contributed by atoms with Gasteiger partial charge in [0.25, 0.3) is 0 Å². The molecule has 0 aliphatic carbocycles. The Morgan fingerprint density at radius 3 is 2.74 bits per heavy atom. The van der Waals surface area contributed by atoms with Crippen LogP contribution in [0, 0.1) is 5.41 Å². The predicted octanol–water partition coefficient (Wildman–Crippen LogP) is 1.68. The fourth-order valence-corrected chi connectivity index (χ4v) is 2.67. The molecule has 3 N–H and O–H groups in total. The van der Waals surface area contributed by atoms with Crippen molar-refractivity contribution in [1.82, 2.24) is 10.2 Å². The van der Waals surface area contributed by atoms with Gasteiger partial charge in [0, 0.05) is 12.5 Å². The topological polar surface area (TPSA) is 58.4 Å². The standard InChI is InChI=1S/C14H27N3OS/c1-14(2,13(15)19)8-6-10-17-9-5-4-7-11(17)12(18)16-3/h11H,4-10H2,1-3H3,(H2,15,19)(H,16,18). The summed E-state index contributed by atoms with van der Waals surface area (Å²) in [6, 6.07) is 0.0479. The third-order valence-electron chi connectivity index (χ3n) is 4.08. The Morgan fingerprint density at radius 2 is 2.16 bits per heavy atom. The molecular formula is C14H27N3OS. The summed E-state index contributed by atoms with van der Waals surface area (Å²) in [5.74, 6) is 0.147. The van der Waals surface area contributed by atoms with Crippen LogP contribution in [0.2, 0.25) is 0 Å². The monoisotopic (exact) mass is 285 g/mol. The zero-order chi connectivity index (χ0) is 14.5. The van der Waals surface area contributed by atoms with Gasteiger partial charge in [-0.05, 0) is 38.8 Å². The van der Waals surface area contributed by atoms with Gasteiger partial charge in [0.1, 0.15) is 0 Å².